The molecule has 5 rings (SSSR count). The number of carbonyl (C=O) groups excluding carboxylic acids is 1. The van der Waals surface area contributed by atoms with Gasteiger partial charge in [0.1, 0.15) is 23.1 Å². The minimum absolute atomic E-state index is 0.00131. The largest absolute Gasteiger partial charge is 0.459 e. The molecule has 0 aliphatic carbocycles. The smallest absolute Gasteiger partial charge is 0.319 e. The second-order valence-electron chi connectivity index (χ2n) is 10.7. The van der Waals surface area contributed by atoms with Crippen LogP contribution in [0, 0.1) is 17.1 Å². The lowest BCUT2D eigenvalue weighted by Crippen LogP contribution is -2.55. The fraction of sp³-hybridized carbons (Fsp3) is 0.323. The van der Waals surface area contributed by atoms with Crippen molar-refractivity contribution in [3.63, 3.8) is 0 Å². The van der Waals surface area contributed by atoms with E-state index in [1.54, 1.807) is 12.1 Å². The Kier molecular flexibility index (Phi) is 8.71. The summed E-state index contributed by atoms with van der Waals surface area (Å²) in [5.41, 5.74) is 0.583. The lowest BCUT2D eigenvalue weighted by atomic mass is 10.0. The molecule has 0 N–H and O–H groups in total. The first-order valence-electron chi connectivity index (χ1n) is 13.7. The monoisotopic (exact) mass is 605 g/mol. The van der Waals surface area contributed by atoms with Gasteiger partial charge in [0.25, 0.3) is 5.91 Å². The molecule has 2 atom stereocenters. The number of hydrogen-bond donors (Lipinski definition) is 0. The number of piperazine rings is 1. The van der Waals surface area contributed by atoms with E-state index in [-0.39, 0.29) is 49.4 Å². The van der Waals surface area contributed by atoms with E-state index in [1.807, 2.05) is 55.1 Å². The fourth-order valence-electron chi connectivity index (χ4n) is 5.48. The van der Waals surface area contributed by atoms with Gasteiger partial charge in [-0.25, -0.2) is 8.78 Å². The van der Waals surface area contributed by atoms with Crippen LogP contribution in [0.2, 0.25) is 5.02 Å². The predicted molar refractivity (Wildman–Crippen MR) is 162 cm³/mol. The Balaban J connectivity index is 1.65. The van der Waals surface area contributed by atoms with Crippen molar-refractivity contribution in [3.8, 4) is 23.3 Å². The van der Waals surface area contributed by atoms with E-state index in [0.29, 0.717) is 33.7 Å². The van der Waals surface area contributed by atoms with E-state index >= 15 is 4.39 Å². The van der Waals surface area contributed by atoms with Gasteiger partial charge in [-0.2, -0.15) is 15.2 Å². The second kappa shape index (κ2) is 12.5. The third-order valence-corrected chi connectivity index (χ3v) is 7.60. The standard InChI is InChI=1S/C31H30ClF2N7O2/c1-18(16-39(3)4)43-31-37-28-23(29(38-31)40-13-14-41(30(42)19(2)33)21(17-40)11-12-35)15-36-27(26(28)34)22-9-5-7-20-8-6-10-24(32)25(20)22/h5-10,15,18,21H,2,11,13-14,16-17H2,1,3-4H3/t18-,21+/m1/s1. The van der Waals surface area contributed by atoms with Gasteiger partial charge in [0.05, 0.1) is 23.9 Å². The number of ether oxygens (including phenoxy) is 1. The highest BCUT2D eigenvalue weighted by Gasteiger charge is 2.34. The van der Waals surface area contributed by atoms with Gasteiger partial charge in [0, 0.05) is 48.3 Å². The average Bonchev–Trinajstić information content (AvgIpc) is 2.96. The second-order valence-corrected chi connectivity index (χ2v) is 11.1. The van der Waals surface area contributed by atoms with Crippen molar-refractivity contribution in [1.29, 1.82) is 5.26 Å². The topological polar surface area (TPSA) is 98.5 Å². The highest BCUT2D eigenvalue weighted by molar-refractivity contribution is 6.36. The lowest BCUT2D eigenvalue weighted by molar-refractivity contribution is -0.131. The number of carbonyl (C=O) groups is 1. The Morgan fingerprint density at radius 2 is 2.00 bits per heavy atom. The highest BCUT2D eigenvalue weighted by atomic mass is 35.5. The maximum absolute atomic E-state index is 16.5. The van der Waals surface area contributed by atoms with Gasteiger partial charge < -0.3 is 19.4 Å². The fourth-order valence-corrected chi connectivity index (χ4v) is 5.76. The third kappa shape index (κ3) is 6.07. The summed E-state index contributed by atoms with van der Waals surface area (Å²) in [6, 6.07) is 12.3. The van der Waals surface area contributed by atoms with Gasteiger partial charge in [-0.15, -0.1) is 0 Å². The summed E-state index contributed by atoms with van der Waals surface area (Å²) in [5, 5.41) is 11.7. The summed E-state index contributed by atoms with van der Waals surface area (Å²) in [6.45, 7) is 6.03. The molecular weight excluding hydrogens is 576 g/mol. The molecule has 1 saturated heterocycles. The number of rotatable bonds is 8. The quantitative estimate of drug-likeness (QED) is 0.247. The van der Waals surface area contributed by atoms with Crippen LogP contribution in [0.5, 0.6) is 6.01 Å². The number of pyridine rings is 1. The summed E-state index contributed by atoms with van der Waals surface area (Å²) >= 11 is 6.54. The van der Waals surface area contributed by atoms with Crippen molar-refractivity contribution in [2.45, 2.75) is 25.5 Å². The van der Waals surface area contributed by atoms with E-state index in [1.165, 1.54) is 11.1 Å². The summed E-state index contributed by atoms with van der Waals surface area (Å²) < 4.78 is 36.3. The van der Waals surface area contributed by atoms with Crippen molar-refractivity contribution < 1.29 is 18.3 Å². The van der Waals surface area contributed by atoms with Gasteiger partial charge in [-0.3, -0.25) is 9.78 Å². The van der Waals surface area contributed by atoms with Crippen LogP contribution >= 0.6 is 11.6 Å². The molecule has 0 bridgehead atoms. The van der Waals surface area contributed by atoms with Crippen LogP contribution in [-0.2, 0) is 4.79 Å². The molecular formula is C31H30ClF2N7O2. The molecule has 12 heteroatoms. The number of benzene rings is 2. The van der Waals surface area contributed by atoms with Crippen molar-refractivity contribution in [2.75, 3.05) is 45.2 Å². The van der Waals surface area contributed by atoms with Crippen molar-refractivity contribution >= 4 is 45.0 Å². The minimum Gasteiger partial charge on any atom is -0.459 e. The number of anilines is 1. The van der Waals surface area contributed by atoms with Crippen LogP contribution in [0.25, 0.3) is 32.9 Å². The molecule has 1 aliphatic rings. The van der Waals surface area contributed by atoms with Crippen LogP contribution in [0.15, 0.2) is 55.0 Å². The van der Waals surface area contributed by atoms with Crippen LogP contribution in [0.4, 0.5) is 14.6 Å². The molecule has 0 spiro atoms. The number of amides is 1. The Hall–Kier alpha value is -4.40. The summed E-state index contributed by atoms with van der Waals surface area (Å²) in [7, 11) is 3.81. The minimum atomic E-state index is -1.10. The maximum atomic E-state index is 16.5. The number of fused-ring (bicyclic) bond motifs is 2. The lowest BCUT2D eigenvalue weighted by Gasteiger charge is -2.41. The molecule has 0 saturated carbocycles. The molecule has 43 heavy (non-hydrogen) atoms. The first-order chi connectivity index (χ1) is 20.6. The SMILES string of the molecule is C=C(F)C(=O)N1CCN(c2nc(O[C@H](C)CN(C)C)nc3c(F)c(-c4cccc5cccc(Cl)c45)ncc23)C[C@@H]1CC#N. The van der Waals surface area contributed by atoms with Crippen LogP contribution < -0.4 is 9.64 Å². The Labute approximate surface area is 253 Å². The number of aromatic nitrogens is 3. The molecule has 3 heterocycles. The maximum Gasteiger partial charge on any atom is 0.319 e. The van der Waals surface area contributed by atoms with Crippen molar-refractivity contribution in [2.24, 2.45) is 0 Å². The van der Waals surface area contributed by atoms with Crippen molar-refractivity contribution in [1.82, 2.24) is 24.8 Å². The zero-order valence-corrected chi connectivity index (χ0v) is 24.8. The average molecular weight is 606 g/mol. The van der Waals surface area contributed by atoms with Crippen molar-refractivity contribution in [3.05, 3.63) is 65.8 Å². The molecule has 9 nitrogen and oxygen atoms in total. The molecule has 2 aromatic carbocycles. The number of nitriles is 1. The first-order valence-corrected chi connectivity index (χ1v) is 14.1. The van der Waals surface area contributed by atoms with Gasteiger partial charge >= 0.3 is 6.01 Å². The Morgan fingerprint density at radius 1 is 1.26 bits per heavy atom. The van der Waals surface area contributed by atoms with Gasteiger partial charge in [0.2, 0.25) is 0 Å². The summed E-state index contributed by atoms with van der Waals surface area (Å²) in [5.74, 6) is -2.29. The highest BCUT2D eigenvalue weighted by Crippen LogP contribution is 2.37. The normalized spacial score (nSPS) is 16.0. The van der Waals surface area contributed by atoms with Crippen LogP contribution in [0.3, 0.4) is 0 Å². The van der Waals surface area contributed by atoms with E-state index < -0.39 is 23.6 Å². The molecule has 0 radical (unpaired) electrons. The van der Waals surface area contributed by atoms with Gasteiger partial charge in [-0.05, 0) is 32.5 Å². The van der Waals surface area contributed by atoms with E-state index in [2.05, 4.69) is 27.6 Å². The number of hydrogen-bond acceptors (Lipinski definition) is 8. The molecule has 222 valence electrons. The molecule has 1 fully saturated rings. The predicted octanol–water partition coefficient (Wildman–Crippen LogP) is 5.38. The van der Waals surface area contributed by atoms with Gasteiger partial charge in [0.15, 0.2) is 11.6 Å². The Bertz CT molecular complexity index is 1750. The molecule has 2 aromatic heterocycles. The molecule has 1 amide bonds. The molecule has 0 unspecified atom stereocenters. The summed E-state index contributed by atoms with van der Waals surface area (Å²) in [4.78, 5) is 31.1. The Morgan fingerprint density at radius 3 is 2.70 bits per heavy atom. The number of nitrogens with zero attached hydrogens (tertiary/aromatic N) is 7. The van der Waals surface area contributed by atoms with Crippen LogP contribution in [0.1, 0.15) is 13.3 Å². The van der Waals surface area contributed by atoms with Gasteiger partial charge in [-0.1, -0.05) is 48.5 Å². The first kappa shape index (κ1) is 30.1. The van der Waals surface area contributed by atoms with E-state index in [9.17, 15) is 14.4 Å². The van der Waals surface area contributed by atoms with E-state index in [0.717, 1.165) is 5.39 Å². The van der Waals surface area contributed by atoms with Crippen LogP contribution in [-0.4, -0.2) is 83.1 Å². The number of likely N-dealkylation sites (N-methyl/N-ethyl adjacent to an activating group) is 1. The molecule has 4 aromatic rings. The summed E-state index contributed by atoms with van der Waals surface area (Å²) in [6.07, 6.45) is 1.14. The zero-order chi connectivity index (χ0) is 30.8. The third-order valence-electron chi connectivity index (χ3n) is 7.28. The zero-order valence-electron chi connectivity index (χ0n) is 24.0. The number of halogens is 3. The van der Waals surface area contributed by atoms with E-state index in [4.69, 9.17) is 16.3 Å². The molecule has 1 aliphatic heterocycles.